The number of benzene rings is 1. The Morgan fingerprint density at radius 1 is 1.38 bits per heavy atom. The lowest BCUT2D eigenvalue weighted by molar-refractivity contribution is 0.0696. The molecule has 0 radical (unpaired) electrons. The Morgan fingerprint density at radius 3 is 2.69 bits per heavy atom. The number of carbonyl (C=O) groups is 1. The van der Waals surface area contributed by atoms with E-state index in [4.69, 9.17) is 5.73 Å². The molecule has 2 heterocycles. The van der Waals surface area contributed by atoms with Gasteiger partial charge in [0.15, 0.2) is 0 Å². The number of nitrogen functional groups attached to an aromatic ring is 1. The first kappa shape index (κ1) is 18.4. The van der Waals surface area contributed by atoms with Crippen LogP contribution in [-0.2, 0) is 23.0 Å². The molecule has 0 saturated carbocycles. The zero-order chi connectivity index (χ0) is 19.2. The highest BCUT2D eigenvalue weighted by Crippen LogP contribution is 2.36. The van der Waals surface area contributed by atoms with Crippen LogP contribution in [0.3, 0.4) is 0 Å². The van der Waals surface area contributed by atoms with Crippen molar-refractivity contribution in [3.8, 4) is 6.07 Å². The van der Waals surface area contributed by atoms with Gasteiger partial charge in [0.2, 0.25) is 10.0 Å². The number of nitrogens with two attached hydrogens (primary N) is 1. The Labute approximate surface area is 155 Å². The Morgan fingerprint density at radius 2 is 2.08 bits per heavy atom. The van der Waals surface area contributed by atoms with E-state index in [0.717, 1.165) is 10.4 Å². The van der Waals surface area contributed by atoms with E-state index in [1.54, 1.807) is 13.8 Å². The minimum Gasteiger partial charge on any atom is -0.478 e. The molecule has 0 fully saturated rings. The molecule has 0 unspecified atom stereocenters. The van der Waals surface area contributed by atoms with Crippen molar-refractivity contribution in [2.24, 2.45) is 0 Å². The van der Waals surface area contributed by atoms with Gasteiger partial charge in [-0.2, -0.15) is 9.57 Å². The molecule has 2 aromatic rings. The smallest absolute Gasteiger partial charge is 0.335 e. The summed E-state index contributed by atoms with van der Waals surface area (Å²) in [6, 6.07) is 4.75. The highest BCUT2D eigenvalue weighted by atomic mass is 32.2. The lowest BCUT2D eigenvalue weighted by Crippen LogP contribution is -2.36. The summed E-state index contributed by atoms with van der Waals surface area (Å²) in [5, 5.41) is 18.8. The predicted octanol–water partition coefficient (Wildman–Crippen LogP) is 2.26. The van der Waals surface area contributed by atoms with Crippen LogP contribution in [0.4, 0.5) is 5.00 Å². The molecule has 0 amide bonds. The molecule has 1 aliphatic rings. The number of rotatable bonds is 3. The number of nitriles is 1. The van der Waals surface area contributed by atoms with Crippen molar-refractivity contribution in [3.05, 3.63) is 44.8 Å². The molecule has 9 heteroatoms. The van der Waals surface area contributed by atoms with Crippen LogP contribution in [0.15, 0.2) is 17.0 Å². The van der Waals surface area contributed by atoms with Crippen molar-refractivity contribution in [1.82, 2.24) is 4.31 Å². The van der Waals surface area contributed by atoms with Crippen molar-refractivity contribution in [2.45, 2.75) is 31.7 Å². The molecule has 0 bridgehead atoms. The van der Waals surface area contributed by atoms with Crippen molar-refractivity contribution in [3.63, 3.8) is 0 Å². The van der Waals surface area contributed by atoms with Gasteiger partial charge in [-0.3, -0.25) is 0 Å². The van der Waals surface area contributed by atoms with E-state index >= 15 is 0 Å². The van der Waals surface area contributed by atoms with Gasteiger partial charge in [-0.15, -0.1) is 11.3 Å². The molecule has 26 heavy (non-hydrogen) atoms. The Balaban J connectivity index is 2.05. The molecule has 0 saturated heterocycles. The fraction of sp³-hybridized carbons (Fsp3) is 0.294. The number of thiophene rings is 1. The lowest BCUT2D eigenvalue weighted by atomic mass is 10.1. The molecule has 7 nitrogen and oxygen atoms in total. The van der Waals surface area contributed by atoms with Crippen LogP contribution >= 0.6 is 11.3 Å². The molecular weight excluding hydrogens is 374 g/mol. The molecule has 3 rings (SSSR count). The molecule has 1 aliphatic heterocycles. The summed E-state index contributed by atoms with van der Waals surface area (Å²) in [6.07, 6.45) is 0.405. The maximum atomic E-state index is 13.1. The predicted molar refractivity (Wildman–Crippen MR) is 97.6 cm³/mol. The van der Waals surface area contributed by atoms with E-state index in [0.29, 0.717) is 28.1 Å². The summed E-state index contributed by atoms with van der Waals surface area (Å²) in [6.45, 7) is 3.70. The monoisotopic (exact) mass is 391 g/mol. The Kier molecular flexibility index (Phi) is 4.52. The first-order valence-electron chi connectivity index (χ1n) is 7.81. The minimum absolute atomic E-state index is 0.00313. The quantitative estimate of drug-likeness (QED) is 0.827. The lowest BCUT2D eigenvalue weighted by Gasteiger charge is -2.27. The number of carboxylic acids is 1. The van der Waals surface area contributed by atoms with Crippen LogP contribution in [0.5, 0.6) is 0 Å². The molecule has 1 aromatic heterocycles. The van der Waals surface area contributed by atoms with Crippen LogP contribution < -0.4 is 5.73 Å². The summed E-state index contributed by atoms with van der Waals surface area (Å²) in [5.74, 6) is -1.17. The fourth-order valence-electron chi connectivity index (χ4n) is 3.09. The number of sulfonamides is 1. The van der Waals surface area contributed by atoms with Crippen LogP contribution in [0, 0.1) is 25.2 Å². The number of hydrogen-bond donors (Lipinski definition) is 2. The highest BCUT2D eigenvalue weighted by Gasteiger charge is 2.33. The minimum atomic E-state index is -3.87. The van der Waals surface area contributed by atoms with Gasteiger partial charge in [0, 0.05) is 18.0 Å². The molecule has 3 N–H and O–H groups in total. The van der Waals surface area contributed by atoms with Crippen LogP contribution in [0.2, 0.25) is 0 Å². The number of aryl methyl sites for hydroxylation is 1. The number of anilines is 1. The maximum Gasteiger partial charge on any atom is 0.335 e. The van der Waals surface area contributed by atoms with Crippen molar-refractivity contribution >= 4 is 32.3 Å². The van der Waals surface area contributed by atoms with E-state index in [-0.39, 0.29) is 23.5 Å². The second-order valence-corrected chi connectivity index (χ2v) is 9.21. The van der Waals surface area contributed by atoms with Gasteiger partial charge < -0.3 is 10.8 Å². The first-order valence-corrected chi connectivity index (χ1v) is 10.1. The molecule has 136 valence electrons. The maximum absolute atomic E-state index is 13.1. The van der Waals surface area contributed by atoms with Crippen LogP contribution in [0.1, 0.15) is 37.5 Å². The molecular formula is C17H17N3O4S2. The average Bonchev–Trinajstić information content (AvgIpc) is 2.90. The SMILES string of the molecule is Cc1cc(C(=O)O)cc(S(=O)(=O)N2CCc3c(sc(N)c3C#N)C2)c1C. The van der Waals surface area contributed by atoms with E-state index in [2.05, 4.69) is 6.07 Å². The summed E-state index contributed by atoms with van der Waals surface area (Å²) in [7, 11) is -3.87. The van der Waals surface area contributed by atoms with Gasteiger partial charge in [0.05, 0.1) is 16.0 Å². The van der Waals surface area contributed by atoms with Gasteiger partial charge in [-0.25, -0.2) is 13.2 Å². The topological polar surface area (TPSA) is 124 Å². The van der Waals surface area contributed by atoms with Gasteiger partial charge in [0.1, 0.15) is 11.1 Å². The first-order chi connectivity index (χ1) is 12.2. The van der Waals surface area contributed by atoms with E-state index in [9.17, 15) is 23.6 Å². The summed E-state index contributed by atoms with van der Waals surface area (Å²) in [4.78, 5) is 12.1. The van der Waals surface area contributed by atoms with Gasteiger partial charge in [0.25, 0.3) is 0 Å². The Hall–Kier alpha value is -2.41. The number of fused-ring (bicyclic) bond motifs is 1. The fourth-order valence-corrected chi connectivity index (χ4v) is 5.99. The summed E-state index contributed by atoms with van der Waals surface area (Å²) < 4.78 is 27.6. The van der Waals surface area contributed by atoms with Gasteiger partial charge >= 0.3 is 5.97 Å². The van der Waals surface area contributed by atoms with E-state index in [1.807, 2.05) is 0 Å². The second-order valence-electron chi connectivity index (χ2n) is 6.16. The molecule has 1 aromatic carbocycles. The summed E-state index contributed by atoms with van der Waals surface area (Å²) >= 11 is 1.23. The molecule has 0 spiro atoms. The van der Waals surface area contributed by atoms with Gasteiger partial charge in [-0.05, 0) is 49.1 Å². The third kappa shape index (κ3) is 2.86. The van der Waals surface area contributed by atoms with Crippen molar-refractivity contribution < 1.29 is 18.3 Å². The number of carboxylic acid groups (broad SMARTS) is 1. The third-order valence-electron chi connectivity index (χ3n) is 4.65. The average molecular weight is 391 g/mol. The number of aromatic carboxylic acids is 1. The van der Waals surface area contributed by atoms with Gasteiger partial charge in [-0.1, -0.05) is 0 Å². The Bertz CT molecular complexity index is 1060. The summed E-state index contributed by atoms with van der Waals surface area (Å²) in [5.41, 5.74) is 8.18. The van der Waals surface area contributed by atoms with E-state index < -0.39 is 16.0 Å². The zero-order valence-electron chi connectivity index (χ0n) is 14.2. The van der Waals surface area contributed by atoms with Crippen molar-refractivity contribution in [2.75, 3.05) is 12.3 Å². The third-order valence-corrected chi connectivity index (χ3v) is 7.66. The zero-order valence-corrected chi connectivity index (χ0v) is 15.9. The molecule has 0 atom stereocenters. The van der Waals surface area contributed by atoms with Crippen LogP contribution in [-0.4, -0.2) is 30.3 Å². The molecule has 0 aliphatic carbocycles. The number of nitrogens with zero attached hydrogens (tertiary/aromatic N) is 2. The second kappa shape index (κ2) is 6.39. The highest BCUT2D eigenvalue weighted by molar-refractivity contribution is 7.89. The normalized spacial score (nSPS) is 14.7. The standard InChI is InChI=1S/C17H17N3O4S2/c1-9-5-11(17(21)22)6-15(10(9)2)26(23,24)20-4-3-12-13(7-18)16(19)25-14(12)8-20/h5-6H,3-4,8,19H2,1-2H3,(H,21,22). The van der Waals surface area contributed by atoms with Crippen LogP contribution in [0.25, 0.3) is 0 Å². The van der Waals surface area contributed by atoms with Crippen molar-refractivity contribution in [1.29, 1.82) is 5.26 Å². The number of hydrogen-bond acceptors (Lipinski definition) is 6. The van der Waals surface area contributed by atoms with E-state index in [1.165, 1.54) is 27.8 Å². The largest absolute Gasteiger partial charge is 0.478 e.